The zero-order valence-corrected chi connectivity index (χ0v) is 15.7. The molecule has 0 N–H and O–H groups in total. The zero-order valence-electron chi connectivity index (χ0n) is 14.0. The number of hydrogen-bond donors (Lipinski definition) is 0. The van der Waals surface area contributed by atoms with Crippen LogP contribution >= 0.6 is 0 Å². The Morgan fingerprint density at radius 1 is 1.17 bits per heavy atom. The van der Waals surface area contributed by atoms with Crippen molar-refractivity contribution in [2.75, 3.05) is 24.6 Å². The normalized spacial score (nSPS) is 27.5. The summed E-state index contributed by atoms with van der Waals surface area (Å²) in [6.45, 7) is 2.07. The number of sulfonamides is 1. The predicted octanol–water partition coefficient (Wildman–Crippen LogP) is 1.95. The van der Waals surface area contributed by atoms with E-state index in [1.54, 1.807) is 6.92 Å². The summed E-state index contributed by atoms with van der Waals surface area (Å²) >= 11 is 0. The summed E-state index contributed by atoms with van der Waals surface area (Å²) in [4.78, 5) is 0. The van der Waals surface area contributed by atoms with Gasteiger partial charge in [-0.25, -0.2) is 21.1 Å². The maximum absolute atomic E-state index is 12.7. The maximum atomic E-state index is 12.7. The van der Waals surface area contributed by atoms with Crippen molar-refractivity contribution >= 4 is 19.9 Å². The van der Waals surface area contributed by atoms with E-state index in [9.17, 15) is 16.8 Å². The Balaban J connectivity index is 1.65. The lowest BCUT2D eigenvalue weighted by atomic mass is 9.99. The average Bonchev–Trinajstić information content (AvgIpc) is 2.89. The van der Waals surface area contributed by atoms with E-state index in [0.717, 1.165) is 12.8 Å². The van der Waals surface area contributed by atoms with Crippen molar-refractivity contribution < 1.29 is 16.8 Å². The summed E-state index contributed by atoms with van der Waals surface area (Å²) in [7, 11) is -6.57. The fraction of sp³-hybridized carbons (Fsp3) is 0.647. The van der Waals surface area contributed by atoms with Crippen LogP contribution in [-0.2, 0) is 26.3 Å². The van der Waals surface area contributed by atoms with Crippen molar-refractivity contribution in [1.29, 1.82) is 0 Å². The van der Waals surface area contributed by atoms with Gasteiger partial charge < -0.3 is 0 Å². The number of fused-ring (bicyclic) bond motifs is 1. The van der Waals surface area contributed by atoms with Gasteiger partial charge in [-0.05, 0) is 49.7 Å². The molecule has 24 heavy (non-hydrogen) atoms. The Kier molecular flexibility index (Phi) is 5.04. The van der Waals surface area contributed by atoms with E-state index in [1.165, 1.54) is 15.4 Å². The lowest BCUT2D eigenvalue weighted by Crippen LogP contribution is -2.35. The maximum Gasteiger partial charge on any atom is 0.214 e. The molecular formula is C17H25NO4S2. The summed E-state index contributed by atoms with van der Waals surface area (Å²) in [5.74, 6) is 0.325. The second kappa shape index (κ2) is 6.77. The minimum absolute atomic E-state index is 0.0698. The fourth-order valence-corrected chi connectivity index (χ4v) is 6.74. The van der Waals surface area contributed by atoms with Gasteiger partial charge in [0.1, 0.15) is 0 Å². The number of hydrogen-bond acceptors (Lipinski definition) is 4. The van der Waals surface area contributed by atoms with Crippen LogP contribution in [0, 0.1) is 0 Å². The first-order chi connectivity index (χ1) is 11.3. The van der Waals surface area contributed by atoms with Crippen LogP contribution in [0.1, 0.15) is 43.2 Å². The van der Waals surface area contributed by atoms with Crippen molar-refractivity contribution in [3.05, 3.63) is 35.4 Å². The van der Waals surface area contributed by atoms with Crippen LogP contribution in [0.3, 0.4) is 0 Å². The molecule has 0 aromatic heterocycles. The van der Waals surface area contributed by atoms with Gasteiger partial charge in [-0.1, -0.05) is 24.3 Å². The molecule has 7 heteroatoms. The lowest BCUT2D eigenvalue weighted by molar-refractivity contribution is 0.426. The Labute approximate surface area is 145 Å². The second-order valence-corrected chi connectivity index (χ2v) is 11.5. The molecule has 2 aliphatic rings. The highest BCUT2D eigenvalue weighted by atomic mass is 32.2. The van der Waals surface area contributed by atoms with Crippen LogP contribution in [0.5, 0.6) is 0 Å². The molecule has 1 heterocycles. The third-order valence-electron chi connectivity index (χ3n) is 5.40. The minimum Gasteiger partial charge on any atom is -0.229 e. The van der Waals surface area contributed by atoms with Crippen LogP contribution in [0.4, 0.5) is 0 Å². The van der Waals surface area contributed by atoms with Gasteiger partial charge in [0, 0.05) is 13.1 Å². The Morgan fingerprint density at radius 2 is 1.92 bits per heavy atom. The van der Waals surface area contributed by atoms with Crippen molar-refractivity contribution in [1.82, 2.24) is 4.31 Å². The molecule has 0 amide bonds. The lowest BCUT2D eigenvalue weighted by Gasteiger charge is -2.21. The molecule has 1 saturated heterocycles. The van der Waals surface area contributed by atoms with E-state index < -0.39 is 25.1 Å². The Hall–Kier alpha value is -0.920. The number of aryl methyl sites for hydroxylation is 1. The molecule has 3 rings (SSSR count). The smallest absolute Gasteiger partial charge is 0.214 e. The predicted molar refractivity (Wildman–Crippen MR) is 95.3 cm³/mol. The molecule has 2 unspecified atom stereocenters. The zero-order chi connectivity index (χ0) is 17.4. The van der Waals surface area contributed by atoms with Crippen molar-refractivity contribution in [2.24, 2.45) is 0 Å². The van der Waals surface area contributed by atoms with Crippen molar-refractivity contribution in [3.8, 4) is 0 Å². The number of sulfone groups is 1. The first-order valence-electron chi connectivity index (χ1n) is 8.57. The highest BCUT2D eigenvalue weighted by Crippen LogP contribution is 2.35. The quantitative estimate of drug-likeness (QED) is 0.811. The van der Waals surface area contributed by atoms with Gasteiger partial charge in [0.2, 0.25) is 10.0 Å². The molecule has 1 aliphatic heterocycles. The monoisotopic (exact) mass is 371 g/mol. The van der Waals surface area contributed by atoms with E-state index in [-0.39, 0.29) is 18.1 Å². The van der Waals surface area contributed by atoms with E-state index in [0.29, 0.717) is 25.3 Å². The average molecular weight is 372 g/mol. The van der Waals surface area contributed by atoms with Gasteiger partial charge in [0.15, 0.2) is 9.84 Å². The topological polar surface area (TPSA) is 71.5 Å². The molecule has 0 spiro atoms. The summed E-state index contributed by atoms with van der Waals surface area (Å²) in [6, 6.07) is 8.24. The third kappa shape index (κ3) is 3.68. The Bertz CT molecular complexity index is 802. The summed E-state index contributed by atoms with van der Waals surface area (Å²) in [5, 5.41) is -0.459. The minimum atomic E-state index is -3.40. The molecule has 1 fully saturated rings. The highest BCUT2D eigenvalue weighted by Gasteiger charge is 2.32. The molecule has 1 aromatic rings. The molecule has 0 saturated carbocycles. The molecule has 1 aliphatic carbocycles. The summed E-state index contributed by atoms with van der Waals surface area (Å²) < 4.78 is 50.6. The first-order valence-corrected chi connectivity index (χ1v) is 11.9. The number of benzene rings is 1. The van der Waals surface area contributed by atoms with Gasteiger partial charge in [0.05, 0.1) is 16.8 Å². The van der Waals surface area contributed by atoms with E-state index in [2.05, 4.69) is 12.1 Å². The molecule has 0 radical (unpaired) electrons. The van der Waals surface area contributed by atoms with Crippen LogP contribution < -0.4 is 0 Å². The number of nitrogens with zero attached hydrogens (tertiary/aromatic N) is 1. The first kappa shape index (κ1) is 17.9. The molecule has 1 aromatic carbocycles. The van der Waals surface area contributed by atoms with Crippen molar-refractivity contribution in [3.63, 3.8) is 0 Å². The van der Waals surface area contributed by atoms with Crippen LogP contribution in [-0.4, -0.2) is 51.0 Å². The summed E-state index contributed by atoms with van der Waals surface area (Å²) in [5.41, 5.74) is 2.61. The summed E-state index contributed by atoms with van der Waals surface area (Å²) in [6.07, 6.45) is 3.01. The van der Waals surface area contributed by atoms with Crippen LogP contribution in [0.25, 0.3) is 0 Å². The second-order valence-electron chi connectivity index (χ2n) is 6.90. The van der Waals surface area contributed by atoms with E-state index in [1.807, 2.05) is 12.1 Å². The molecular weight excluding hydrogens is 346 g/mol. The van der Waals surface area contributed by atoms with Gasteiger partial charge in [0.25, 0.3) is 0 Å². The van der Waals surface area contributed by atoms with E-state index in [4.69, 9.17) is 0 Å². The van der Waals surface area contributed by atoms with Crippen molar-refractivity contribution in [2.45, 2.75) is 43.8 Å². The molecule has 0 bridgehead atoms. The van der Waals surface area contributed by atoms with Gasteiger partial charge in [-0.3, -0.25) is 0 Å². The van der Waals surface area contributed by atoms with E-state index >= 15 is 0 Å². The van der Waals surface area contributed by atoms with Gasteiger partial charge in [-0.2, -0.15) is 0 Å². The van der Waals surface area contributed by atoms with Crippen LogP contribution in [0.15, 0.2) is 24.3 Å². The van der Waals surface area contributed by atoms with Gasteiger partial charge >= 0.3 is 0 Å². The van der Waals surface area contributed by atoms with Gasteiger partial charge in [-0.15, -0.1) is 0 Å². The van der Waals surface area contributed by atoms with Crippen LogP contribution in [0.2, 0.25) is 0 Å². The molecule has 5 nitrogen and oxygen atoms in total. The molecule has 134 valence electrons. The highest BCUT2D eigenvalue weighted by molar-refractivity contribution is 7.92. The largest absolute Gasteiger partial charge is 0.229 e. The fourth-order valence-electron chi connectivity index (χ4n) is 3.69. The molecule has 2 atom stereocenters. The Morgan fingerprint density at radius 3 is 2.71 bits per heavy atom. The number of rotatable bonds is 4. The standard InChI is InChI=1S/C17H25NO4S2/c1-14-8-10-18(11-13-23(14,19)20)24(21,22)12-9-16-7-6-15-4-2-3-5-17(15)16/h2-5,14,16H,6-13H2,1H3. The third-order valence-corrected chi connectivity index (χ3v) is 9.51. The SMILES string of the molecule is CC1CCN(S(=O)(=O)CCC2CCc3ccccc32)CCS1(=O)=O.